The van der Waals surface area contributed by atoms with Gasteiger partial charge in [-0.15, -0.1) is 0 Å². The molecule has 1 fully saturated rings. The minimum atomic E-state index is -0.428. The fourth-order valence-corrected chi connectivity index (χ4v) is 3.59. The quantitative estimate of drug-likeness (QED) is 0.684. The lowest BCUT2D eigenvalue weighted by Crippen LogP contribution is -2.42. The molecule has 3 rings (SSSR count). The second kappa shape index (κ2) is 10.0. The number of hydrogen-bond acceptors (Lipinski definition) is 5. The first kappa shape index (κ1) is 20.1. The molecule has 0 radical (unpaired) electrons. The monoisotopic (exact) mass is 381 g/mol. The van der Waals surface area contributed by atoms with Crippen molar-refractivity contribution in [1.82, 2.24) is 4.90 Å². The highest BCUT2D eigenvalue weighted by Crippen LogP contribution is 2.28. The molecule has 2 aromatic carbocycles. The Bertz CT molecular complexity index is 755. The van der Waals surface area contributed by atoms with Crippen molar-refractivity contribution in [3.05, 3.63) is 71.8 Å². The number of nitrogens with zero attached hydrogens (tertiary/aromatic N) is 1. The van der Waals surface area contributed by atoms with E-state index in [9.17, 15) is 9.59 Å². The van der Waals surface area contributed by atoms with Crippen molar-refractivity contribution in [1.29, 1.82) is 0 Å². The Morgan fingerprint density at radius 2 is 1.57 bits per heavy atom. The minimum Gasteiger partial charge on any atom is -0.465 e. The van der Waals surface area contributed by atoms with E-state index in [1.807, 2.05) is 67.6 Å². The highest BCUT2D eigenvalue weighted by Gasteiger charge is 2.34. The van der Waals surface area contributed by atoms with Gasteiger partial charge in [0, 0.05) is 13.1 Å². The summed E-state index contributed by atoms with van der Waals surface area (Å²) in [6.45, 7) is 3.78. The van der Waals surface area contributed by atoms with Crippen LogP contribution in [0.4, 0.5) is 0 Å². The van der Waals surface area contributed by atoms with E-state index in [1.165, 1.54) is 0 Å². The minimum absolute atomic E-state index is 0.126. The molecule has 0 aliphatic carbocycles. The van der Waals surface area contributed by atoms with E-state index in [0.29, 0.717) is 39.1 Å². The summed E-state index contributed by atoms with van der Waals surface area (Å²) in [6, 6.07) is 18.9. The zero-order valence-corrected chi connectivity index (χ0v) is 16.3. The van der Waals surface area contributed by atoms with Crippen molar-refractivity contribution in [2.24, 2.45) is 5.92 Å². The van der Waals surface area contributed by atoms with Crippen LogP contribution in [0.2, 0.25) is 0 Å². The second-order valence-corrected chi connectivity index (χ2v) is 6.97. The first-order valence-electron chi connectivity index (χ1n) is 9.85. The van der Waals surface area contributed by atoms with Gasteiger partial charge in [-0.1, -0.05) is 60.7 Å². The summed E-state index contributed by atoms with van der Waals surface area (Å²) in [6.07, 6.45) is 1.35. The van der Waals surface area contributed by atoms with E-state index >= 15 is 0 Å². The van der Waals surface area contributed by atoms with Crippen LogP contribution in [0.25, 0.3) is 0 Å². The van der Waals surface area contributed by atoms with Crippen molar-refractivity contribution in [2.45, 2.75) is 32.4 Å². The molecule has 0 spiro atoms. The molecule has 0 N–H and O–H groups in total. The fraction of sp³-hybridized carbons (Fsp3) is 0.391. The molecular formula is C23H27NO4. The van der Waals surface area contributed by atoms with Crippen LogP contribution in [0.3, 0.4) is 0 Å². The zero-order chi connectivity index (χ0) is 19.8. The average molecular weight is 381 g/mol. The average Bonchev–Trinajstić information content (AvgIpc) is 2.74. The Morgan fingerprint density at radius 1 is 0.964 bits per heavy atom. The maximum Gasteiger partial charge on any atom is 0.327 e. The number of hydrogen-bond donors (Lipinski definition) is 0. The van der Waals surface area contributed by atoms with Crippen molar-refractivity contribution >= 4 is 11.9 Å². The maximum absolute atomic E-state index is 12.6. The van der Waals surface area contributed by atoms with Crippen molar-refractivity contribution in [3.8, 4) is 0 Å². The summed E-state index contributed by atoms with van der Waals surface area (Å²) in [5, 5.41) is 0. The van der Waals surface area contributed by atoms with E-state index in [-0.39, 0.29) is 17.9 Å². The SMILES string of the molecule is CCOC(=O)C(c1ccccc1)N1CCC(C(=O)OCc2ccccc2)CC1. The standard InChI is InChI=1S/C23H27NO4/c1-2-27-23(26)21(19-11-7-4-8-12-19)24-15-13-20(14-16-24)22(25)28-17-18-9-5-3-6-10-18/h3-12,20-21H,2,13-17H2,1H3. The molecule has 0 bridgehead atoms. The summed E-state index contributed by atoms with van der Waals surface area (Å²) in [4.78, 5) is 27.1. The van der Waals surface area contributed by atoms with Crippen LogP contribution in [0.5, 0.6) is 0 Å². The van der Waals surface area contributed by atoms with Gasteiger partial charge in [0.25, 0.3) is 0 Å². The number of ether oxygens (including phenoxy) is 2. The molecule has 1 unspecified atom stereocenters. The number of rotatable bonds is 7. The van der Waals surface area contributed by atoms with Crippen LogP contribution in [-0.4, -0.2) is 36.5 Å². The Balaban J connectivity index is 1.57. The van der Waals surface area contributed by atoms with E-state index in [1.54, 1.807) is 0 Å². The van der Waals surface area contributed by atoms with Crippen molar-refractivity contribution < 1.29 is 19.1 Å². The van der Waals surface area contributed by atoms with Gasteiger partial charge in [0.2, 0.25) is 0 Å². The molecule has 1 saturated heterocycles. The highest BCUT2D eigenvalue weighted by atomic mass is 16.5. The first-order chi connectivity index (χ1) is 13.7. The third-order valence-corrected chi connectivity index (χ3v) is 5.08. The Labute approximate surface area is 166 Å². The second-order valence-electron chi connectivity index (χ2n) is 6.97. The number of likely N-dealkylation sites (tertiary alicyclic amines) is 1. The molecule has 28 heavy (non-hydrogen) atoms. The Morgan fingerprint density at radius 3 is 2.18 bits per heavy atom. The summed E-state index contributed by atoms with van der Waals surface area (Å²) in [5.74, 6) is -0.520. The molecule has 0 saturated carbocycles. The summed E-state index contributed by atoms with van der Waals surface area (Å²) < 4.78 is 10.8. The van der Waals surface area contributed by atoms with Crippen LogP contribution in [0.1, 0.15) is 36.9 Å². The molecule has 1 atom stereocenters. The lowest BCUT2D eigenvalue weighted by molar-refractivity contribution is -0.154. The molecule has 1 aliphatic heterocycles. The van der Waals surface area contributed by atoms with Gasteiger partial charge in [0.15, 0.2) is 0 Å². The highest BCUT2D eigenvalue weighted by molar-refractivity contribution is 5.78. The topological polar surface area (TPSA) is 55.8 Å². The zero-order valence-electron chi connectivity index (χ0n) is 16.3. The molecule has 1 heterocycles. The van der Waals surface area contributed by atoms with Crippen LogP contribution in [0.15, 0.2) is 60.7 Å². The molecule has 148 valence electrons. The van der Waals surface area contributed by atoms with Crippen LogP contribution >= 0.6 is 0 Å². The molecule has 5 nitrogen and oxygen atoms in total. The van der Waals surface area contributed by atoms with Gasteiger partial charge >= 0.3 is 11.9 Å². The molecule has 2 aromatic rings. The van der Waals surface area contributed by atoms with Crippen LogP contribution in [-0.2, 0) is 25.7 Å². The molecular weight excluding hydrogens is 354 g/mol. The number of carbonyl (C=O) groups excluding carboxylic acids is 2. The summed E-state index contributed by atoms with van der Waals surface area (Å²) >= 11 is 0. The van der Waals surface area contributed by atoms with Crippen LogP contribution < -0.4 is 0 Å². The number of esters is 2. The smallest absolute Gasteiger partial charge is 0.327 e. The van der Waals surface area contributed by atoms with Gasteiger partial charge in [0.05, 0.1) is 12.5 Å². The normalized spacial score (nSPS) is 16.3. The Kier molecular flexibility index (Phi) is 7.20. The van der Waals surface area contributed by atoms with Gasteiger partial charge in [-0.25, -0.2) is 4.79 Å². The predicted octanol–water partition coefficient (Wildman–Crippen LogP) is 3.75. The van der Waals surface area contributed by atoms with Gasteiger partial charge in [-0.3, -0.25) is 9.69 Å². The number of carbonyl (C=O) groups is 2. The van der Waals surface area contributed by atoms with Gasteiger partial charge < -0.3 is 9.47 Å². The van der Waals surface area contributed by atoms with Gasteiger partial charge in [-0.2, -0.15) is 0 Å². The lowest BCUT2D eigenvalue weighted by Gasteiger charge is -2.35. The largest absolute Gasteiger partial charge is 0.465 e. The van der Waals surface area contributed by atoms with Crippen LogP contribution in [0, 0.1) is 5.92 Å². The van der Waals surface area contributed by atoms with E-state index in [0.717, 1.165) is 11.1 Å². The van der Waals surface area contributed by atoms with E-state index < -0.39 is 6.04 Å². The molecule has 5 heteroatoms. The number of benzene rings is 2. The summed E-state index contributed by atoms with van der Waals surface area (Å²) in [5.41, 5.74) is 1.91. The van der Waals surface area contributed by atoms with Gasteiger partial charge in [0.1, 0.15) is 12.6 Å². The van der Waals surface area contributed by atoms with Crippen molar-refractivity contribution in [2.75, 3.05) is 19.7 Å². The fourth-order valence-electron chi connectivity index (χ4n) is 3.59. The van der Waals surface area contributed by atoms with Gasteiger partial charge in [-0.05, 0) is 30.9 Å². The third-order valence-electron chi connectivity index (χ3n) is 5.08. The Hall–Kier alpha value is -2.66. The predicted molar refractivity (Wildman–Crippen MR) is 106 cm³/mol. The maximum atomic E-state index is 12.6. The van der Waals surface area contributed by atoms with E-state index in [2.05, 4.69) is 4.90 Å². The third kappa shape index (κ3) is 5.20. The number of piperidine rings is 1. The molecule has 1 aliphatic rings. The van der Waals surface area contributed by atoms with E-state index in [4.69, 9.17) is 9.47 Å². The first-order valence-corrected chi connectivity index (χ1v) is 9.85. The molecule has 0 amide bonds. The summed E-state index contributed by atoms with van der Waals surface area (Å²) in [7, 11) is 0. The van der Waals surface area contributed by atoms with Crippen molar-refractivity contribution in [3.63, 3.8) is 0 Å². The molecule has 0 aromatic heterocycles. The lowest BCUT2D eigenvalue weighted by atomic mass is 9.94.